The van der Waals surface area contributed by atoms with Crippen molar-refractivity contribution in [2.24, 2.45) is 0 Å². The standard InChI is InChI=1S/C8H7F3O2/c9-5-3-4(1-2-12)8(13)7(11)6(5)10/h3,12-13H,1-2H2. The van der Waals surface area contributed by atoms with Gasteiger partial charge in [0.15, 0.2) is 17.4 Å². The molecule has 1 aromatic rings. The van der Waals surface area contributed by atoms with Crippen LogP contribution in [-0.4, -0.2) is 16.8 Å². The van der Waals surface area contributed by atoms with Crippen LogP contribution in [0.4, 0.5) is 13.2 Å². The molecule has 13 heavy (non-hydrogen) atoms. The summed E-state index contributed by atoms with van der Waals surface area (Å²) < 4.78 is 37.6. The first kappa shape index (κ1) is 9.85. The fourth-order valence-corrected chi connectivity index (χ4v) is 0.945. The molecule has 0 aromatic heterocycles. The van der Waals surface area contributed by atoms with Crippen molar-refractivity contribution in [3.63, 3.8) is 0 Å². The van der Waals surface area contributed by atoms with Crippen molar-refractivity contribution >= 4 is 0 Å². The number of benzene rings is 1. The third kappa shape index (κ3) is 1.75. The highest BCUT2D eigenvalue weighted by Crippen LogP contribution is 2.25. The van der Waals surface area contributed by atoms with Crippen molar-refractivity contribution in [2.75, 3.05) is 6.61 Å². The Labute approximate surface area is 72.2 Å². The van der Waals surface area contributed by atoms with E-state index in [1.807, 2.05) is 0 Å². The van der Waals surface area contributed by atoms with Gasteiger partial charge in [-0.3, -0.25) is 0 Å². The van der Waals surface area contributed by atoms with Gasteiger partial charge in [-0.15, -0.1) is 0 Å². The molecule has 0 aliphatic heterocycles. The van der Waals surface area contributed by atoms with Gasteiger partial charge < -0.3 is 10.2 Å². The average molecular weight is 192 g/mol. The normalized spacial score (nSPS) is 10.5. The fraction of sp³-hybridized carbons (Fsp3) is 0.250. The van der Waals surface area contributed by atoms with Crippen molar-refractivity contribution < 1.29 is 23.4 Å². The second kappa shape index (κ2) is 3.66. The van der Waals surface area contributed by atoms with Gasteiger partial charge in [0, 0.05) is 12.2 Å². The summed E-state index contributed by atoms with van der Waals surface area (Å²) in [6, 6.07) is 0.657. The Bertz CT molecular complexity index is 326. The Balaban J connectivity index is 3.24. The second-order valence-electron chi connectivity index (χ2n) is 2.47. The van der Waals surface area contributed by atoms with E-state index in [0.29, 0.717) is 6.07 Å². The quantitative estimate of drug-likeness (QED) is 0.694. The molecule has 0 bridgehead atoms. The molecule has 0 radical (unpaired) electrons. The van der Waals surface area contributed by atoms with Crippen LogP contribution in [0, 0.1) is 17.5 Å². The number of hydrogen-bond acceptors (Lipinski definition) is 2. The van der Waals surface area contributed by atoms with Crippen LogP contribution in [0.15, 0.2) is 6.07 Å². The maximum Gasteiger partial charge on any atom is 0.203 e. The molecule has 0 spiro atoms. The number of aliphatic hydroxyl groups is 1. The molecule has 1 aromatic carbocycles. The van der Waals surface area contributed by atoms with Crippen LogP contribution >= 0.6 is 0 Å². The van der Waals surface area contributed by atoms with Gasteiger partial charge in [0.2, 0.25) is 5.82 Å². The molecule has 1 rings (SSSR count). The van der Waals surface area contributed by atoms with Crippen molar-refractivity contribution in [1.82, 2.24) is 0 Å². The number of aliphatic hydroxyl groups excluding tert-OH is 1. The molecule has 72 valence electrons. The third-order valence-corrected chi connectivity index (χ3v) is 1.60. The third-order valence-electron chi connectivity index (χ3n) is 1.60. The molecular weight excluding hydrogens is 185 g/mol. The first-order chi connectivity index (χ1) is 6.07. The lowest BCUT2D eigenvalue weighted by molar-refractivity contribution is 0.295. The number of phenolic OH excluding ortho intramolecular Hbond substituents is 1. The van der Waals surface area contributed by atoms with E-state index in [2.05, 4.69) is 0 Å². The summed E-state index contributed by atoms with van der Waals surface area (Å²) in [5, 5.41) is 17.4. The number of phenols is 1. The molecule has 0 aliphatic carbocycles. The van der Waals surface area contributed by atoms with Gasteiger partial charge in [-0.2, -0.15) is 4.39 Å². The Kier molecular flexibility index (Phi) is 2.77. The average Bonchev–Trinajstić information content (AvgIpc) is 2.11. The molecule has 0 atom stereocenters. The van der Waals surface area contributed by atoms with Crippen LogP contribution in [0.1, 0.15) is 5.56 Å². The smallest absolute Gasteiger partial charge is 0.203 e. The molecule has 0 fully saturated rings. The molecule has 2 N–H and O–H groups in total. The molecule has 0 saturated carbocycles. The molecule has 0 aliphatic rings. The summed E-state index contributed by atoms with van der Waals surface area (Å²) in [4.78, 5) is 0. The van der Waals surface area contributed by atoms with Crippen molar-refractivity contribution in [3.8, 4) is 5.75 Å². The molecule has 0 heterocycles. The molecule has 0 unspecified atom stereocenters. The van der Waals surface area contributed by atoms with E-state index >= 15 is 0 Å². The van der Waals surface area contributed by atoms with Crippen LogP contribution in [0.3, 0.4) is 0 Å². The van der Waals surface area contributed by atoms with Crippen LogP contribution in [0.5, 0.6) is 5.75 Å². The Morgan fingerprint density at radius 3 is 2.31 bits per heavy atom. The van der Waals surface area contributed by atoms with E-state index in [1.165, 1.54) is 0 Å². The summed E-state index contributed by atoms with van der Waals surface area (Å²) in [6.45, 7) is -0.377. The van der Waals surface area contributed by atoms with E-state index in [4.69, 9.17) is 10.2 Å². The SMILES string of the molecule is OCCc1cc(F)c(F)c(F)c1O. The minimum atomic E-state index is -1.71. The van der Waals surface area contributed by atoms with Crippen molar-refractivity contribution in [1.29, 1.82) is 0 Å². The van der Waals surface area contributed by atoms with E-state index < -0.39 is 23.2 Å². The largest absolute Gasteiger partial charge is 0.505 e. The number of hydrogen-bond donors (Lipinski definition) is 2. The molecule has 5 heteroatoms. The molecule has 2 nitrogen and oxygen atoms in total. The van der Waals surface area contributed by atoms with Crippen LogP contribution in [-0.2, 0) is 6.42 Å². The Morgan fingerprint density at radius 1 is 1.15 bits per heavy atom. The minimum absolute atomic E-state index is 0.125. The zero-order valence-corrected chi connectivity index (χ0v) is 6.52. The minimum Gasteiger partial charge on any atom is -0.505 e. The highest BCUT2D eigenvalue weighted by molar-refractivity contribution is 5.35. The maximum atomic E-state index is 12.6. The number of halogens is 3. The lowest BCUT2D eigenvalue weighted by atomic mass is 10.1. The van der Waals surface area contributed by atoms with Gasteiger partial charge >= 0.3 is 0 Å². The Morgan fingerprint density at radius 2 is 1.77 bits per heavy atom. The Hall–Kier alpha value is -1.23. The summed E-state index contributed by atoms with van der Waals surface area (Å²) >= 11 is 0. The molecular formula is C8H7F3O2. The summed E-state index contributed by atoms with van der Waals surface area (Å²) in [5.41, 5.74) is -0.154. The number of aromatic hydroxyl groups is 1. The lowest BCUT2D eigenvalue weighted by Crippen LogP contribution is -1.98. The highest BCUT2D eigenvalue weighted by Gasteiger charge is 2.17. The lowest BCUT2D eigenvalue weighted by Gasteiger charge is -2.04. The van der Waals surface area contributed by atoms with E-state index in [-0.39, 0.29) is 18.6 Å². The molecule has 0 saturated heterocycles. The zero-order chi connectivity index (χ0) is 10.0. The monoisotopic (exact) mass is 192 g/mol. The zero-order valence-electron chi connectivity index (χ0n) is 6.52. The van der Waals surface area contributed by atoms with E-state index in [0.717, 1.165) is 0 Å². The second-order valence-corrected chi connectivity index (χ2v) is 2.47. The van der Waals surface area contributed by atoms with Crippen LogP contribution in [0.25, 0.3) is 0 Å². The molecule has 0 amide bonds. The van der Waals surface area contributed by atoms with Crippen LogP contribution < -0.4 is 0 Å². The fourth-order valence-electron chi connectivity index (χ4n) is 0.945. The van der Waals surface area contributed by atoms with Gasteiger partial charge in [-0.05, 0) is 12.5 Å². The summed E-state index contributed by atoms with van der Waals surface area (Å²) in [5.74, 6) is -5.66. The van der Waals surface area contributed by atoms with Gasteiger partial charge in [0.1, 0.15) is 0 Å². The van der Waals surface area contributed by atoms with Crippen molar-refractivity contribution in [2.45, 2.75) is 6.42 Å². The van der Waals surface area contributed by atoms with E-state index in [9.17, 15) is 13.2 Å². The van der Waals surface area contributed by atoms with Gasteiger partial charge in [-0.1, -0.05) is 0 Å². The summed E-state index contributed by atoms with van der Waals surface area (Å²) in [7, 11) is 0. The number of rotatable bonds is 2. The highest BCUT2D eigenvalue weighted by atomic mass is 19.2. The van der Waals surface area contributed by atoms with Crippen LogP contribution in [0.2, 0.25) is 0 Å². The predicted molar refractivity (Wildman–Crippen MR) is 38.8 cm³/mol. The van der Waals surface area contributed by atoms with Gasteiger partial charge in [0.05, 0.1) is 0 Å². The maximum absolute atomic E-state index is 12.6. The van der Waals surface area contributed by atoms with E-state index in [1.54, 1.807) is 0 Å². The van der Waals surface area contributed by atoms with Gasteiger partial charge in [-0.25, -0.2) is 8.78 Å². The first-order valence-electron chi connectivity index (χ1n) is 3.54. The predicted octanol–water partition coefficient (Wildman–Crippen LogP) is 1.34. The topological polar surface area (TPSA) is 40.5 Å². The van der Waals surface area contributed by atoms with Gasteiger partial charge in [0.25, 0.3) is 0 Å². The summed E-state index contributed by atoms with van der Waals surface area (Å²) in [6.07, 6.45) is -0.125. The van der Waals surface area contributed by atoms with Crippen molar-refractivity contribution in [3.05, 3.63) is 29.1 Å². The first-order valence-corrected chi connectivity index (χ1v) is 3.54.